The molecule has 0 bridgehead atoms. The van der Waals surface area contributed by atoms with Crippen molar-refractivity contribution in [2.75, 3.05) is 6.61 Å². The molecule has 0 aliphatic rings. The average molecular weight is 273 g/mol. The summed E-state index contributed by atoms with van der Waals surface area (Å²) < 4.78 is 7.30. The zero-order valence-corrected chi connectivity index (χ0v) is 11.5. The second-order valence-corrected chi connectivity index (χ2v) is 4.54. The Labute approximate surface area is 118 Å². The van der Waals surface area contributed by atoms with Crippen molar-refractivity contribution >= 4 is 0 Å². The standard InChI is InChI=1S/C16H19NO3/c1-2-14(18)13-7-3-4-8-15(13)20-12-11-17-10-6-5-9-16(17)19/h3-10,14,18H,2,11-12H2,1H3. The monoisotopic (exact) mass is 273 g/mol. The van der Waals surface area contributed by atoms with Gasteiger partial charge >= 0.3 is 0 Å². The molecule has 1 atom stereocenters. The van der Waals surface area contributed by atoms with Crippen LogP contribution in [0.1, 0.15) is 25.0 Å². The molecular weight excluding hydrogens is 254 g/mol. The van der Waals surface area contributed by atoms with Gasteiger partial charge in [-0.1, -0.05) is 31.2 Å². The fourth-order valence-electron chi connectivity index (χ4n) is 2.01. The Kier molecular flexibility index (Phi) is 4.96. The van der Waals surface area contributed by atoms with E-state index in [1.807, 2.05) is 37.3 Å². The summed E-state index contributed by atoms with van der Waals surface area (Å²) in [5, 5.41) is 9.94. The number of aliphatic hydroxyl groups excluding tert-OH is 1. The summed E-state index contributed by atoms with van der Waals surface area (Å²) in [6, 6.07) is 12.5. The van der Waals surface area contributed by atoms with Gasteiger partial charge in [-0.2, -0.15) is 0 Å². The first-order chi connectivity index (χ1) is 9.72. The zero-order chi connectivity index (χ0) is 14.4. The number of aliphatic hydroxyl groups is 1. The third-order valence-corrected chi connectivity index (χ3v) is 3.15. The minimum Gasteiger partial charge on any atom is -0.491 e. The molecule has 0 aliphatic carbocycles. The number of hydrogen-bond acceptors (Lipinski definition) is 3. The van der Waals surface area contributed by atoms with E-state index in [2.05, 4.69) is 0 Å². The van der Waals surface area contributed by atoms with Crippen molar-refractivity contribution in [3.8, 4) is 5.75 Å². The van der Waals surface area contributed by atoms with Crippen LogP contribution < -0.4 is 10.3 Å². The molecular formula is C16H19NO3. The molecule has 0 fully saturated rings. The van der Waals surface area contributed by atoms with E-state index in [1.54, 1.807) is 16.8 Å². The van der Waals surface area contributed by atoms with Crippen molar-refractivity contribution in [2.24, 2.45) is 0 Å². The summed E-state index contributed by atoms with van der Waals surface area (Å²) in [5.74, 6) is 0.672. The fraction of sp³-hybridized carbons (Fsp3) is 0.312. The van der Waals surface area contributed by atoms with E-state index in [4.69, 9.17) is 4.74 Å². The van der Waals surface area contributed by atoms with E-state index in [0.717, 1.165) is 5.56 Å². The quantitative estimate of drug-likeness (QED) is 0.879. The van der Waals surface area contributed by atoms with E-state index in [1.165, 1.54) is 6.07 Å². The molecule has 4 nitrogen and oxygen atoms in total. The maximum absolute atomic E-state index is 11.6. The van der Waals surface area contributed by atoms with Crippen molar-refractivity contribution < 1.29 is 9.84 Å². The summed E-state index contributed by atoms with van der Waals surface area (Å²) >= 11 is 0. The molecule has 1 heterocycles. The van der Waals surface area contributed by atoms with Gasteiger partial charge in [0, 0.05) is 17.8 Å². The highest BCUT2D eigenvalue weighted by atomic mass is 16.5. The van der Waals surface area contributed by atoms with Gasteiger partial charge in [-0.3, -0.25) is 4.79 Å². The first-order valence-corrected chi connectivity index (χ1v) is 6.77. The third kappa shape index (κ3) is 3.48. The zero-order valence-electron chi connectivity index (χ0n) is 11.5. The average Bonchev–Trinajstić information content (AvgIpc) is 2.49. The summed E-state index contributed by atoms with van der Waals surface area (Å²) in [5.41, 5.74) is 0.744. The smallest absolute Gasteiger partial charge is 0.250 e. The van der Waals surface area contributed by atoms with Crippen LogP contribution in [0.3, 0.4) is 0 Å². The number of para-hydroxylation sites is 1. The predicted molar refractivity (Wildman–Crippen MR) is 77.9 cm³/mol. The van der Waals surface area contributed by atoms with Gasteiger partial charge in [0.15, 0.2) is 0 Å². The Bertz CT molecular complexity index is 606. The molecule has 106 valence electrons. The van der Waals surface area contributed by atoms with E-state index in [9.17, 15) is 9.90 Å². The molecule has 1 N–H and O–H groups in total. The van der Waals surface area contributed by atoms with Gasteiger partial charge in [-0.15, -0.1) is 0 Å². The Morgan fingerprint density at radius 3 is 2.70 bits per heavy atom. The van der Waals surface area contributed by atoms with Gasteiger partial charge < -0.3 is 14.4 Å². The Hall–Kier alpha value is -2.07. The maximum Gasteiger partial charge on any atom is 0.250 e. The first kappa shape index (κ1) is 14.3. The van der Waals surface area contributed by atoms with E-state index in [-0.39, 0.29) is 5.56 Å². The third-order valence-electron chi connectivity index (χ3n) is 3.15. The minimum absolute atomic E-state index is 0.0435. The normalized spacial score (nSPS) is 12.1. The molecule has 20 heavy (non-hydrogen) atoms. The van der Waals surface area contributed by atoms with Crippen molar-refractivity contribution in [3.63, 3.8) is 0 Å². The summed E-state index contributed by atoms with van der Waals surface area (Å²) in [6.45, 7) is 2.79. The number of benzene rings is 1. The van der Waals surface area contributed by atoms with Crippen LogP contribution in [0, 0.1) is 0 Å². The summed E-state index contributed by atoms with van der Waals surface area (Å²) in [7, 11) is 0. The van der Waals surface area contributed by atoms with Crippen molar-refractivity contribution in [3.05, 3.63) is 64.6 Å². The Balaban J connectivity index is 2.01. The molecule has 0 saturated carbocycles. The van der Waals surface area contributed by atoms with Crippen LogP contribution in [0.25, 0.3) is 0 Å². The Morgan fingerprint density at radius 2 is 1.95 bits per heavy atom. The SMILES string of the molecule is CCC(O)c1ccccc1OCCn1ccccc1=O. The van der Waals surface area contributed by atoms with Crippen LogP contribution in [0.2, 0.25) is 0 Å². The van der Waals surface area contributed by atoms with Crippen LogP contribution in [0.5, 0.6) is 5.75 Å². The van der Waals surface area contributed by atoms with Crippen LogP contribution >= 0.6 is 0 Å². The molecule has 0 saturated heterocycles. The van der Waals surface area contributed by atoms with E-state index in [0.29, 0.717) is 25.3 Å². The molecule has 2 aromatic rings. The summed E-state index contributed by atoms with van der Waals surface area (Å²) in [4.78, 5) is 11.6. The van der Waals surface area contributed by atoms with Gasteiger partial charge in [-0.05, 0) is 18.6 Å². The molecule has 4 heteroatoms. The topological polar surface area (TPSA) is 51.5 Å². The molecule has 0 aliphatic heterocycles. The Morgan fingerprint density at radius 1 is 1.20 bits per heavy atom. The van der Waals surface area contributed by atoms with E-state index < -0.39 is 6.10 Å². The van der Waals surface area contributed by atoms with E-state index >= 15 is 0 Å². The van der Waals surface area contributed by atoms with Crippen LogP contribution in [0.4, 0.5) is 0 Å². The molecule has 1 aromatic heterocycles. The lowest BCUT2D eigenvalue weighted by molar-refractivity contribution is 0.166. The highest BCUT2D eigenvalue weighted by Gasteiger charge is 2.10. The molecule has 0 amide bonds. The van der Waals surface area contributed by atoms with Crippen LogP contribution in [-0.4, -0.2) is 16.3 Å². The molecule has 1 aromatic carbocycles. The lowest BCUT2D eigenvalue weighted by Crippen LogP contribution is -2.21. The van der Waals surface area contributed by atoms with Crippen LogP contribution in [0.15, 0.2) is 53.5 Å². The summed E-state index contributed by atoms with van der Waals surface area (Å²) in [6.07, 6.45) is 1.85. The predicted octanol–water partition coefficient (Wildman–Crippen LogP) is 2.37. The highest BCUT2D eigenvalue weighted by molar-refractivity contribution is 5.34. The number of aromatic nitrogens is 1. The van der Waals surface area contributed by atoms with Gasteiger partial charge in [0.25, 0.3) is 5.56 Å². The maximum atomic E-state index is 11.6. The number of nitrogens with zero attached hydrogens (tertiary/aromatic N) is 1. The minimum atomic E-state index is -0.523. The molecule has 1 unspecified atom stereocenters. The lowest BCUT2D eigenvalue weighted by Gasteiger charge is -2.15. The van der Waals surface area contributed by atoms with Gasteiger partial charge in [0.1, 0.15) is 12.4 Å². The molecule has 0 radical (unpaired) electrons. The second-order valence-electron chi connectivity index (χ2n) is 4.54. The van der Waals surface area contributed by atoms with Gasteiger partial charge in [-0.25, -0.2) is 0 Å². The number of ether oxygens (including phenoxy) is 1. The highest BCUT2D eigenvalue weighted by Crippen LogP contribution is 2.26. The van der Waals surface area contributed by atoms with Crippen LogP contribution in [-0.2, 0) is 6.54 Å². The number of pyridine rings is 1. The second kappa shape index (κ2) is 6.91. The molecule has 0 spiro atoms. The largest absolute Gasteiger partial charge is 0.491 e. The molecule has 2 rings (SSSR count). The number of hydrogen-bond donors (Lipinski definition) is 1. The number of rotatable bonds is 6. The van der Waals surface area contributed by atoms with Crippen molar-refractivity contribution in [1.82, 2.24) is 4.57 Å². The van der Waals surface area contributed by atoms with Gasteiger partial charge in [0.2, 0.25) is 0 Å². The van der Waals surface area contributed by atoms with Gasteiger partial charge in [0.05, 0.1) is 12.6 Å². The van der Waals surface area contributed by atoms with Crippen molar-refractivity contribution in [1.29, 1.82) is 0 Å². The van der Waals surface area contributed by atoms with Crippen molar-refractivity contribution in [2.45, 2.75) is 26.0 Å². The lowest BCUT2D eigenvalue weighted by atomic mass is 10.1. The fourth-order valence-corrected chi connectivity index (χ4v) is 2.01. The first-order valence-electron chi connectivity index (χ1n) is 6.77.